The number of hydrogen-bond acceptors (Lipinski definition) is 4. The highest BCUT2D eigenvalue weighted by atomic mass is 35.5. The van der Waals surface area contributed by atoms with Gasteiger partial charge in [0.2, 0.25) is 11.8 Å². The van der Waals surface area contributed by atoms with Crippen molar-refractivity contribution in [1.82, 2.24) is 20.0 Å². The molecule has 3 fully saturated rings. The van der Waals surface area contributed by atoms with Crippen LogP contribution < -0.4 is 10.6 Å². The van der Waals surface area contributed by atoms with Crippen LogP contribution in [0.2, 0.25) is 5.02 Å². The van der Waals surface area contributed by atoms with Crippen LogP contribution in [-0.2, 0) is 28.7 Å². The number of para-hydroxylation sites is 1. The lowest BCUT2D eigenvalue weighted by Gasteiger charge is -2.41. The number of carbonyl (C=O) groups is 3. The van der Waals surface area contributed by atoms with E-state index >= 15 is 0 Å². The molecule has 0 spiro atoms. The molecule has 0 aromatic heterocycles. The van der Waals surface area contributed by atoms with Crippen molar-refractivity contribution in [3.05, 3.63) is 64.2 Å². The van der Waals surface area contributed by atoms with Gasteiger partial charge in [-0.1, -0.05) is 35.9 Å². The molecule has 6 rings (SSSR count). The number of likely N-dealkylation sites (tertiary alicyclic amines) is 2. The first kappa shape index (κ1) is 33.6. The van der Waals surface area contributed by atoms with E-state index in [2.05, 4.69) is 10.6 Å². The van der Waals surface area contributed by atoms with E-state index in [0.29, 0.717) is 63.0 Å². The normalized spacial score (nSPS) is 20.9. The monoisotopic (exact) mass is 673 g/mol. The highest BCUT2D eigenvalue weighted by molar-refractivity contribution is 6.31. The Morgan fingerprint density at radius 3 is 2.26 bits per heavy atom. The largest absolute Gasteiger partial charge is 0.417 e. The van der Waals surface area contributed by atoms with Gasteiger partial charge in [-0.25, -0.2) is 4.79 Å². The van der Waals surface area contributed by atoms with Crippen molar-refractivity contribution in [3.63, 3.8) is 0 Å². The van der Waals surface area contributed by atoms with Crippen molar-refractivity contribution in [2.24, 2.45) is 17.8 Å². The van der Waals surface area contributed by atoms with Crippen molar-refractivity contribution in [1.29, 1.82) is 0 Å². The van der Waals surface area contributed by atoms with Gasteiger partial charge in [0.1, 0.15) is 0 Å². The Bertz CT molecular complexity index is 1450. The van der Waals surface area contributed by atoms with Crippen LogP contribution in [0.25, 0.3) is 0 Å². The lowest BCUT2D eigenvalue weighted by molar-refractivity contribution is -0.143. The minimum Gasteiger partial charge on any atom is -0.343 e. The van der Waals surface area contributed by atoms with Crippen LogP contribution in [-0.4, -0.2) is 77.9 Å². The first-order chi connectivity index (χ1) is 22.6. The molecule has 0 bridgehead atoms. The smallest absolute Gasteiger partial charge is 0.343 e. The maximum atomic E-state index is 14.0. The Labute approximate surface area is 279 Å². The molecule has 4 heterocycles. The summed E-state index contributed by atoms with van der Waals surface area (Å²) in [4.78, 5) is 45.9. The number of fused-ring (bicyclic) bond motifs is 1. The molecule has 0 radical (unpaired) electrons. The van der Waals surface area contributed by atoms with Crippen molar-refractivity contribution < 1.29 is 27.6 Å². The topological polar surface area (TPSA) is 85.0 Å². The van der Waals surface area contributed by atoms with Gasteiger partial charge in [-0.05, 0) is 99.2 Å². The SMILES string of the molecule is O=C(CC(Cc1ccc(Cl)c(C(F)(F)F)c1)C(=O)N1CCC(C2CCNCC2)CC1)N1CCC(N2Cc3ccccc3NC2=O)CC1. The molecule has 3 saturated heterocycles. The highest BCUT2D eigenvalue weighted by Gasteiger charge is 2.37. The first-order valence-electron chi connectivity index (χ1n) is 16.8. The number of anilines is 1. The van der Waals surface area contributed by atoms with Crippen molar-refractivity contribution in [3.8, 4) is 0 Å². The Hall–Kier alpha value is -3.31. The highest BCUT2D eigenvalue weighted by Crippen LogP contribution is 2.37. The molecular formula is C35H43ClF3N5O3. The molecular weight excluding hydrogens is 631 g/mol. The number of nitrogens with one attached hydrogen (secondary N) is 2. The second-order valence-corrected chi connectivity index (χ2v) is 13.9. The van der Waals surface area contributed by atoms with Gasteiger partial charge < -0.3 is 25.3 Å². The van der Waals surface area contributed by atoms with Gasteiger partial charge in [0, 0.05) is 50.9 Å². The molecule has 12 heteroatoms. The second-order valence-electron chi connectivity index (χ2n) is 13.5. The molecule has 254 valence electrons. The van der Waals surface area contributed by atoms with Gasteiger partial charge in [0.15, 0.2) is 0 Å². The van der Waals surface area contributed by atoms with Crippen LogP contribution in [0.5, 0.6) is 0 Å². The molecule has 47 heavy (non-hydrogen) atoms. The molecule has 2 aromatic rings. The number of carbonyl (C=O) groups excluding carboxylic acids is 3. The molecule has 1 unspecified atom stereocenters. The molecule has 4 amide bonds. The molecule has 2 N–H and O–H groups in total. The van der Waals surface area contributed by atoms with Gasteiger partial charge in [-0.15, -0.1) is 0 Å². The number of piperidine rings is 3. The average Bonchev–Trinajstić information content (AvgIpc) is 3.08. The van der Waals surface area contributed by atoms with Crippen LogP contribution in [0.1, 0.15) is 61.6 Å². The Kier molecular flexibility index (Phi) is 10.3. The van der Waals surface area contributed by atoms with Gasteiger partial charge in [-0.2, -0.15) is 13.2 Å². The van der Waals surface area contributed by atoms with Crippen LogP contribution in [0.15, 0.2) is 42.5 Å². The average molecular weight is 674 g/mol. The van der Waals surface area contributed by atoms with Crippen LogP contribution in [0.4, 0.5) is 23.7 Å². The third kappa shape index (κ3) is 7.88. The van der Waals surface area contributed by atoms with Gasteiger partial charge >= 0.3 is 12.2 Å². The number of nitrogens with zero attached hydrogens (tertiary/aromatic N) is 3. The van der Waals surface area contributed by atoms with Crippen molar-refractivity contribution in [2.75, 3.05) is 44.6 Å². The first-order valence-corrected chi connectivity index (χ1v) is 17.2. The molecule has 0 saturated carbocycles. The third-order valence-corrected chi connectivity index (χ3v) is 10.9. The summed E-state index contributed by atoms with van der Waals surface area (Å²) in [5, 5.41) is 5.97. The maximum Gasteiger partial charge on any atom is 0.417 e. The lowest BCUT2D eigenvalue weighted by atomic mass is 9.79. The number of benzene rings is 2. The Balaban J connectivity index is 1.11. The fraction of sp³-hybridized carbons (Fsp3) is 0.571. The summed E-state index contributed by atoms with van der Waals surface area (Å²) in [5.74, 6) is 0.0503. The van der Waals surface area contributed by atoms with Gasteiger partial charge in [0.05, 0.1) is 16.5 Å². The van der Waals surface area contributed by atoms with Gasteiger partial charge in [-0.3, -0.25) is 9.59 Å². The summed E-state index contributed by atoms with van der Waals surface area (Å²) >= 11 is 5.88. The third-order valence-electron chi connectivity index (χ3n) is 10.6. The van der Waals surface area contributed by atoms with E-state index in [-0.39, 0.29) is 36.7 Å². The summed E-state index contributed by atoms with van der Waals surface area (Å²) < 4.78 is 41.0. The molecule has 2 aromatic carbocycles. The number of rotatable bonds is 7. The number of hydrogen-bond donors (Lipinski definition) is 2. The quantitative estimate of drug-likeness (QED) is 0.368. The van der Waals surface area contributed by atoms with Gasteiger partial charge in [0.25, 0.3) is 0 Å². The van der Waals surface area contributed by atoms with E-state index < -0.39 is 22.7 Å². The number of halogens is 4. The second kappa shape index (κ2) is 14.4. The maximum absolute atomic E-state index is 14.0. The van der Waals surface area contributed by atoms with Crippen LogP contribution in [0, 0.1) is 17.8 Å². The van der Waals surface area contributed by atoms with E-state index in [9.17, 15) is 27.6 Å². The predicted molar refractivity (Wildman–Crippen MR) is 174 cm³/mol. The summed E-state index contributed by atoms with van der Waals surface area (Å²) in [6.07, 6.45) is 0.600. The Morgan fingerprint density at radius 2 is 1.55 bits per heavy atom. The van der Waals surface area contributed by atoms with Crippen LogP contribution in [0.3, 0.4) is 0 Å². The summed E-state index contributed by atoms with van der Waals surface area (Å²) in [5.41, 5.74) is 1.24. The van der Waals surface area contributed by atoms with Crippen LogP contribution >= 0.6 is 11.6 Å². The fourth-order valence-electron chi connectivity index (χ4n) is 7.90. The zero-order valence-electron chi connectivity index (χ0n) is 26.5. The minimum absolute atomic E-state index is 0.0167. The van der Waals surface area contributed by atoms with E-state index in [0.717, 1.165) is 56.1 Å². The molecule has 4 aliphatic heterocycles. The molecule has 1 atom stereocenters. The number of urea groups is 1. The fourth-order valence-corrected chi connectivity index (χ4v) is 8.12. The molecule has 0 aliphatic carbocycles. The Morgan fingerprint density at radius 1 is 0.894 bits per heavy atom. The zero-order chi connectivity index (χ0) is 33.1. The van der Waals surface area contributed by atoms with E-state index in [1.807, 2.05) is 34.1 Å². The lowest BCUT2D eigenvalue weighted by Crippen LogP contribution is -2.51. The van der Waals surface area contributed by atoms with Crippen molar-refractivity contribution in [2.45, 2.75) is 70.1 Å². The predicted octanol–water partition coefficient (Wildman–Crippen LogP) is 6.18. The number of alkyl halides is 3. The van der Waals surface area contributed by atoms with E-state index in [1.165, 1.54) is 12.1 Å². The molecule has 8 nitrogen and oxygen atoms in total. The minimum atomic E-state index is -4.63. The standard InChI is InChI=1S/C35H43ClF3N5O3/c36-30-6-5-23(20-29(30)35(37,38)39)19-27(33(46)43-15-9-25(10-16-43)24-7-13-40-14-8-24)21-32(45)42-17-11-28(12-18-42)44-22-26-3-1-2-4-31(26)41-34(44)47/h1-6,20,24-25,27-28,40H,7-19,21-22H2,(H,41,47). The summed E-state index contributed by atoms with van der Waals surface area (Å²) in [6.45, 7) is 4.62. The summed E-state index contributed by atoms with van der Waals surface area (Å²) in [7, 11) is 0. The van der Waals surface area contributed by atoms with E-state index in [1.54, 1.807) is 4.90 Å². The molecule has 4 aliphatic rings. The van der Waals surface area contributed by atoms with E-state index in [4.69, 9.17) is 11.6 Å². The summed E-state index contributed by atoms with van der Waals surface area (Å²) in [6, 6.07) is 11.3. The van der Waals surface area contributed by atoms with Crippen molar-refractivity contribution >= 4 is 35.1 Å². The zero-order valence-corrected chi connectivity index (χ0v) is 27.3. The number of amides is 4.